The molecule has 0 bridgehead atoms. The van der Waals surface area contributed by atoms with Gasteiger partial charge in [-0.25, -0.2) is 0 Å². The molecule has 2 amide bonds. The van der Waals surface area contributed by atoms with Crippen LogP contribution in [0.25, 0.3) is 0 Å². The summed E-state index contributed by atoms with van der Waals surface area (Å²) in [5.41, 5.74) is 0. The van der Waals surface area contributed by atoms with Crippen LogP contribution in [0.3, 0.4) is 0 Å². The Balaban J connectivity index is 1.56. The Morgan fingerprint density at radius 2 is 1.92 bits per heavy atom. The summed E-state index contributed by atoms with van der Waals surface area (Å²) in [4.78, 5) is 26.7. The maximum absolute atomic E-state index is 12.8. The fourth-order valence-electron chi connectivity index (χ4n) is 2.96. The molecule has 1 fully saturated rings. The zero-order chi connectivity index (χ0) is 17.5. The van der Waals surface area contributed by atoms with Crippen LogP contribution < -0.4 is 0 Å². The minimum atomic E-state index is -4.55. The van der Waals surface area contributed by atoms with E-state index in [1.165, 1.54) is 11.0 Å². The zero-order valence-electron chi connectivity index (χ0n) is 12.8. The fourth-order valence-corrected chi connectivity index (χ4v) is 2.96. The van der Waals surface area contributed by atoms with Crippen LogP contribution in [0.1, 0.15) is 18.1 Å². The highest BCUT2D eigenvalue weighted by Gasteiger charge is 2.40. The van der Waals surface area contributed by atoms with E-state index in [9.17, 15) is 22.8 Å². The van der Waals surface area contributed by atoms with Crippen LogP contribution >= 0.6 is 0 Å². The third-order valence-corrected chi connectivity index (χ3v) is 4.27. The minimum Gasteiger partial charge on any atom is -0.338 e. The lowest BCUT2D eigenvalue weighted by molar-refractivity contribution is -0.148. The summed E-state index contributed by atoms with van der Waals surface area (Å²) in [6.45, 7) is 4.63. The summed E-state index contributed by atoms with van der Waals surface area (Å²) in [7, 11) is 0. The smallest absolute Gasteiger partial charge is 0.338 e. The molecule has 1 aromatic rings. The Morgan fingerprint density at radius 1 is 1.21 bits per heavy atom. The lowest BCUT2D eigenvalue weighted by Crippen LogP contribution is -2.51. The van der Waals surface area contributed by atoms with Gasteiger partial charge >= 0.3 is 6.18 Å². The van der Waals surface area contributed by atoms with Crippen LogP contribution in [0.15, 0.2) is 12.7 Å². The number of hydrogen-bond acceptors (Lipinski definition) is 4. The average molecular weight is 343 g/mol. The normalized spacial score (nSPS) is 18.1. The highest BCUT2D eigenvalue weighted by atomic mass is 19.4. The number of fused-ring (bicyclic) bond motifs is 1. The third kappa shape index (κ3) is 3.00. The van der Waals surface area contributed by atoms with E-state index in [0.717, 1.165) is 4.57 Å². The van der Waals surface area contributed by atoms with Crippen molar-refractivity contribution in [2.75, 3.05) is 19.6 Å². The molecule has 2 aliphatic rings. The number of hydrogen-bond donors (Lipinski definition) is 0. The monoisotopic (exact) mass is 343 g/mol. The van der Waals surface area contributed by atoms with Gasteiger partial charge in [-0.05, 0) is 6.08 Å². The highest BCUT2D eigenvalue weighted by Crippen LogP contribution is 2.29. The van der Waals surface area contributed by atoms with Gasteiger partial charge in [-0.15, -0.1) is 10.2 Å². The number of aromatic nitrogens is 3. The number of alkyl halides is 3. The number of nitrogens with zero attached hydrogens (tertiary/aromatic N) is 5. The molecule has 130 valence electrons. The van der Waals surface area contributed by atoms with Crippen molar-refractivity contribution < 1.29 is 22.8 Å². The maximum atomic E-state index is 12.8. The predicted molar refractivity (Wildman–Crippen MR) is 75.3 cm³/mol. The van der Waals surface area contributed by atoms with Crippen molar-refractivity contribution in [2.45, 2.75) is 25.7 Å². The fraction of sp³-hybridized carbons (Fsp3) is 0.571. The molecule has 24 heavy (non-hydrogen) atoms. The van der Waals surface area contributed by atoms with E-state index in [-0.39, 0.29) is 49.6 Å². The number of likely N-dealkylation sites (tertiary alicyclic amines) is 1. The van der Waals surface area contributed by atoms with Gasteiger partial charge in [-0.3, -0.25) is 9.59 Å². The van der Waals surface area contributed by atoms with Gasteiger partial charge in [0, 0.05) is 38.5 Å². The second-order valence-electron chi connectivity index (χ2n) is 5.92. The molecule has 2 aliphatic heterocycles. The first-order valence-corrected chi connectivity index (χ1v) is 7.48. The summed E-state index contributed by atoms with van der Waals surface area (Å²) in [6, 6.07) is 0. The van der Waals surface area contributed by atoms with Crippen molar-refractivity contribution in [1.29, 1.82) is 0 Å². The van der Waals surface area contributed by atoms with Gasteiger partial charge < -0.3 is 14.4 Å². The van der Waals surface area contributed by atoms with Crippen LogP contribution in [0.4, 0.5) is 13.2 Å². The highest BCUT2D eigenvalue weighted by molar-refractivity contribution is 5.87. The molecule has 7 nitrogen and oxygen atoms in total. The molecule has 1 aromatic heterocycles. The topological polar surface area (TPSA) is 71.3 Å². The summed E-state index contributed by atoms with van der Waals surface area (Å²) in [5.74, 6) is -1.12. The van der Waals surface area contributed by atoms with Gasteiger partial charge in [0.15, 0.2) is 5.82 Å². The quantitative estimate of drug-likeness (QED) is 0.757. The average Bonchev–Trinajstić information content (AvgIpc) is 2.92. The van der Waals surface area contributed by atoms with E-state index in [0.29, 0.717) is 13.1 Å². The second-order valence-corrected chi connectivity index (χ2v) is 5.92. The molecule has 1 saturated heterocycles. The van der Waals surface area contributed by atoms with E-state index < -0.39 is 12.0 Å². The Labute approximate surface area is 135 Å². The molecular weight excluding hydrogens is 327 g/mol. The molecule has 3 heterocycles. The van der Waals surface area contributed by atoms with E-state index in [1.807, 2.05) is 0 Å². The largest absolute Gasteiger partial charge is 0.451 e. The van der Waals surface area contributed by atoms with Crippen LogP contribution in [0.2, 0.25) is 0 Å². The Morgan fingerprint density at radius 3 is 2.54 bits per heavy atom. The van der Waals surface area contributed by atoms with Gasteiger partial charge in [-0.1, -0.05) is 6.58 Å². The van der Waals surface area contributed by atoms with Crippen molar-refractivity contribution in [3.05, 3.63) is 24.3 Å². The Hall–Kier alpha value is -2.39. The summed E-state index contributed by atoms with van der Waals surface area (Å²) < 4.78 is 39.3. The van der Waals surface area contributed by atoms with Crippen molar-refractivity contribution in [3.8, 4) is 0 Å². The standard InChI is InChI=1S/C14H16F3N5O2/c1-2-11(23)21-6-9(7-21)5-12(24)20-3-4-22-10(8-20)18-19-13(22)14(15,16)17/h2,9H,1,3-8H2. The number of halogens is 3. The van der Waals surface area contributed by atoms with E-state index in [1.54, 1.807) is 4.90 Å². The van der Waals surface area contributed by atoms with Gasteiger partial charge in [0.05, 0.1) is 6.54 Å². The van der Waals surface area contributed by atoms with Crippen molar-refractivity contribution in [2.24, 2.45) is 5.92 Å². The summed E-state index contributed by atoms with van der Waals surface area (Å²) >= 11 is 0. The Bertz CT molecular complexity index is 678. The molecule has 0 spiro atoms. The molecule has 0 aliphatic carbocycles. The minimum absolute atomic E-state index is 0.0178. The zero-order valence-corrected chi connectivity index (χ0v) is 12.8. The SMILES string of the molecule is C=CC(=O)N1CC(CC(=O)N2CCn3c(nnc3C(F)(F)F)C2)C1. The van der Waals surface area contributed by atoms with Gasteiger partial charge in [0.1, 0.15) is 0 Å². The number of amides is 2. The predicted octanol–water partition coefficient (Wildman–Crippen LogP) is 0.674. The number of rotatable bonds is 3. The molecule has 0 aromatic carbocycles. The third-order valence-electron chi connectivity index (χ3n) is 4.27. The van der Waals surface area contributed by atoms with Crippen LogP contribution in [0, 0.1) is 5.92 Å². The summed E-state index contributed by atoms with van der Waals surface area (Å²) in [5, 5.41) is 6.74. The van der Waals surface area contributed by atoms with Crippen LogP contribution in [-0.2, 0) is 28.9 Å². The number of carbonyl (C=O) groups excluding carboxylic acids is 2. The first kappa shape index (κ1) is 16.5. The van der Waals surface area contributed by atoms with Gasteiger partial charge in [-0.2, -0.15) is 13.2 Å². The first-order valence-electron chi connectivity index (χ1n) is 7.48. The molecule has 0 saturated carbocycles. The molecule has 0 N–H and O–H groups in total. The lowest BCUT2D eigenvalue weighted by Gasteiger charge is -2.39. The van der Waals surface area contributed by atoms with Crippen LogP contribution in [-0.4, -0.2) is 56.0 Å². The molecule has 0 radical (unpaired) electrons. The van der Waals surface area contributed by atoms with Gasteiger partial charge in [0.25, 0.3) is 0 Å². The molecule has 3 rings (SSSR count). The maximum Gasteiger partial charge on any atom is 0.451 e. The van der Waals surface area contributed by atoms with Crippen molar-refractivity contribution >= 4 is 11.8 Å². The van der Waals surface area contributed by atoms with E-state index in [2.05, 4.69) is 16.8 Å². The van der Waals surface area contributed by atoms with E-state index in [4.69, 9.17) is 0 Å². The van der Waals surface area contributed by atoms with E-state index >= 15 is 0 Å². The molecular formula is C14H16F3N5O2. The Kier molecular flexibility index (Phi) is 4.06. The van der Waals surface area contributed by atoms with Crippen LogP contribution in [0.5, 0.6) is 0 Å². The number of carbonyl (C=O) groups is 2. The molecule has 10 heteroatoms. The van der Waals surface area contributed by atoms with Crippen molar-refractivity contribution in [1.82, 2.24) is 24.6 Å². The van der Waals surface area contributed by atoms with Gasteiger partial charge in [0.2, 0.25) is 17.6 Å². The second kappa shape index (κ2) is 5.91. The van der Waals surface area contributed by atoms with Crippen molar-refractivity contribution in [3.63, 3.8) is 0 Å². The molecule has 0 atom stereocenters. The molecule has 0 unspecified atom stereocenters. The first-order chi connectivity index (χ1) is 11.3. The lowest BCUT2D eigenvalue weighted by atomic mass is 9.95. The summed E-state index contributed by atoms with van der Waals surface area (Å²) in [6.07, 6.45) is -3.06.